The second-order valence-electron chi connectivity index (χ2n) is 6.54. The van der Waals surface area contributed by atoms with Gasteiger partial charge in [0.15, 0.2) is 0 Å². The molecule has 4 unspecified atom stereocenters. The molecule has 0 aromatic rings. The van der Waals surface area contributed by atoms with Crippen LogP contribution in [0.25, 0.3) is 0 Å². The molecule has 0 spiro atoms. The number of hydrogen-bond acceptors (Lipinski definition) is 0. The van der Waals surface area contributed by atoms with Crippen LogP contribution in [-0.4, -0.2) is 16.1 Å². The minimum absolute atomic E-state index is 0.948. The van der Waals surface area contributed by atoms with Crippen LogP contribution < -0.4 is 0 Å². The summed E-state index contributed by atoms with van der Waals surface area (Å²) in [5, 5.41) is 0. The smallest absolute Gasteiger partial charge is 0.0752 e. The quantitative estimate of drug-likeness (QED) is 0.430. The van der Waals surface area contributed by atoms with Gasteiger partial charge in [0.05, 0.1) is 16.1 Å². The van der Waals surface area contributed by atoms with Crippen molar-refractivity contribution in [1.29, 1.82) is 0 Å². The molecule has 0 aromatic carbocycles. The molecule has 0 aliphatic carbocycles. The van der Waals surface area contributed by atoms with Gasteiger partial charge in [-0.15, -0.1) is 0 Å². The first-order chi connectivity index (χ1) is 6.44. The van der Waals surface area contributed by atoms with Crippen molar-refractivity contribution in [2.75, 3.05) is 0 Å². The van der Waals surface area contributed by atoms with Crippen LogP contribution in [0.4, 0.5) is 0 Å². The van der Waals surface area contributed by atoms with E-state index in [0.29, 0.717) is 0 Å². The summed E-state index contributed by atoms with van der Waals surface area (Å²) < 4.78 is 0. The van der Waals surface area contributed by atoms with E-state index in [1.54, 1.807) is 0 Å². The van der Waals surface area contributed by atoms with Crippen molar-refractivity contribution < 1.29 is 0 Å². The van der Waals surface area contributed by atoms with E-state index >= 15 is 0 Å². The van der Waals surface area contributed by atoms with Gasteiger partial charge in [0.25, 0.3) is 0 Å². The Hall–Kier alpha value is -0.0862. The van der Waals surface area contributed by atoms with Crippen LogP contribution in [0.3, 0.4) is 0 Å². The predicted octanol–water partition coefficient (Wildman–Crippen LogP) is 3.82. The highest BCUT2D eigenvalue weighted by Crippen LogP contribution is 2.68. The fourth-order valence-corrected chi connectivity index (χ4v) is 14.5. The van der Waals surface area contributed by atoms with Gasteiger partial charge in [-0.1, -0.05) is 50.1 Å². The van der Waals surface area contributed by atoms with Crippen LogP contribution in [0.1, 0.15) is 0 Å². The molecule has 76 valence electrons. The van der Waals surface area contributed by atoms with Crippen molar-refractivity contribution in [3.8, 4) is 0 Å². The van der Waals surface area contributed by atoms with Gasteiger partial charge in [-0.2, -0.15) is 0 Å². The van der Waals surface area contributed by atoms with Crippen molar-refractivity contribution >= 4 is 16.1 Å². The van der Waals surface area contributed by atoms with E-state index in [9.17, 15) is 0 Å². The predicted molar refractivity (Wildman–Crippen MR) is 68.0 cm³/mol. The van der Waals surface area contributed by atoms with Crippen molar-refractivity contribution in [3.05, 3.63) is 23.9 Å². The molecular weight excluding hydrogens is 200 g/mol. The van der Waals surface area contributed by atoms with Crippen LogP contribution in [0.15, 0.2) is 23.9 Å². The third-order valence-electron chi connectivity index (χ3n) is 5.07. The van der Waals surface area contributed by atoms with E-state index in [1.807, 2.05) is 0 Å². The molecular formula is C12H20Si2. The zero-order chi connectivity index (χ0) is 10.1. The van der Waals surface area contributed by atoms with E-state index < -0.39 is 16.1 Å². The lowest BCUT2D eigenvalue weighted by Crippen LogP contribution is -2.34. The molecule has 3 rings (SSSR count). The third-order valence-corrected chi connectivity index (χ3v) is 13.5. The summed E-state index contributed by atoms with van der Waals surface area (Å²) in [4.78, 5) is 0. The zero-order valence-corrected chi connectivity index (χ0v) is 11.6. The molecule has 2 bridgehead atoms. The van der Waals surface area contributed by atoms with Gasteiger partial charge in [0.1, 0.15) is 0 Å². The lowest BCUT2D eigenvalue weighted by Gasteiger charge is -2.32. The average molecular weight is 220 g/mol. The second-order valence-corrected chi connectivity index (χ2v) is 16.2. The Labute approximate surface area is 89.1 Å². The van der Waals surface area contributed by atoms with Gasteiger partial charge in [-0.3, -0.25) is 0 Å². The fourth-order valence-electron chi connectivity index (χ4n) is 4.30. The number of hydrogen-bond donors (Lipinski definition) is 0. The third kappa shape index (κ3) is 0.848. The molecule has 0 radical (unpaired) electrons. The standard InChI is InChI=1S/C12H20Si2/c1-13(2)8-7-9-10-5-6-11(12(9)13)14(10,3)4/h5-12H,1-4H3. The van der Waals surface area contributed by atoms with E-state index in [0.717, 1.165) is 22.5 Å². The second kappa shape index (κ2) is 2.35. The Morgan fingerprint density at radius 3 is 2.14 bits per heavy atom. The van der Waals surface area contributed by atoms with Crippen molar-refractivity contribution in [3.63, 3.8) is 0 Å². The van der Waals surface area contributed by atoms with Crippen LogP contribution in [0.2, 0.25) is 42.8 Å². The first kappa shape index (κ1) is 9.16. The van der Waals surface area contributed by atoms with Gasteiger partial charge in [-0.25, -0.2) is 0 Å². The molecule has 2 heteroatoms. The molecule has 0 nitrogen and oxygen atoms in total. The molecule has 0 N–H and O–H groups in total. The Kier molecular flexibility index (Phi) is 1.54. The summed E-state index contributed by atoms with van der Waals surface area (Å²) in [6.45, 7) is 10.3. The van der Waals surface area contributed by atoms with E-state index in [2.05, 4.69) is 50.1 Å². The Morgan fingerprint density at radius 1 is 0.857 bits per heavy atom. The normalized spacial score (nSPS) is 50.0. The van der Waals surface area contributed by atoms with Crippen molar-refractivity contribution in [2.45, 2.75) is 42.8 Å². The fraction of sp³-hybridized carbons (Fsp3) is 0.667. The number of rotatable bonds is 0. The first-order valence-corrected chi connectivity index (χ1v) is 12.1. The molecule has 0 aromatic heterocycles. The van der Waals surface area contributed by atoms with Gasteiger partial charge in [0, 0.05) is 0 Å². The molecule has 4 atom stereocenters. The van der Waals surface area contributed by atoms with Crippen LogP contribution in [0.5, 0.6) is 0 Å². The largest absolute Gasteiger partial charge is 0.0981 e. The Balaban J connectivity index is 2.09. The summed E-state index contributed by atoms with van der Waals surface area (Å²) in [5.41, 5.74) is 5.66. The molecule has 0 amide bonds. The number of fused-ring (bicyclic) bond motifs is 5. The minimum Gasteiger partial charge on any atom is -0.0981 e. The average Bonchev–Trinajstić information content (AvgIpc) is 2.61. The van der Waals surface area contributed by atoms with Crippen LogP contribution >= 0.6 is 0 Å². The lowest BCUT2D eigenvalue weighted by molar-refractivity contribution is 0.629. The zero-order valence-electron chi connectivity index (χ0n) is 9.62. The van der Waals surface area contributed by atoms with Crippen molar-refractivity contribution in [1.82, 2.24) is 0 Å². The minimum atomic E-state index is -1.01. The maximum atomic E-state index is 2.61. The van der Waals surface area contributed by atoms with E-state index in [1.165, 1.54) is 0 Å². The van der Waals surface area contributed by atoms with Gasteiger partial charge in [-0.05, 0) is 22.5 Å². The maximum absolute atomic E-state index is 2.61. The summed E-state index contributed by atoms with van der Waals surface area (Å²) in [7, 11) is -1.96. The monoisotopic (exact) mass is 220 g/mol. The summed E-state index contributed by atoms with van der Waals surface area (Å²) >= 11 is 0. The molecule has 0 saturated carbocycles. The number of allylic oxidation sites excluding steroid dienone is 3. The van der Waals surface area contributed by atoms with Gasteiger partial charge >= 0.3 is 0 Å². The van der Waals surface area contributed by atoms with Gasteiger partial charge < -0.3 is 0 Å². The Morgan fingerprint density at radius 2 is 1.50 bits per heavy atom. The molecule has 1 fully saturated rings. The lowest BCUT2D eigenvalue weighted by atomic mass is 9.94. The molecule has 3 heterocycles. The van der Waals surface area contributed by atoms with Crippen LogP contribution in [0, 0.1) is 5.92 Å². The van der Waals surface area contributed by atoms with Crippen LogP contribution in [-0.2, 0) is 0 Å². The highest BCUT2D eigenvalue weighted by Gasteiger charge is 2.62. The molecule has 14 heavy (non-hydrogen) atoms. The summed E-state index contributed by atoms with van der Waals surface area (Å²) in [6, 6.07) is 0. The topological polar surface area (TPSA) is 0 Å². The summed E-state index contributed by atoms with van der Waals surface area (Å²) in [6.07, 6.45) is 7.72. The highest BCUT2D eigenvalue weighted by atomic mass is 28.3. The van der Waals surface area contributed by atoms with Crippen molar-refractivity contribution in [2.24, 2.45) is 5.92 Å². The Bertz CT molecular complexity index is 338. The van der Waals surface area contributed by atoms with E-state index in [-0.39, 0.29) is 0 Å². The highest BCUT2D eigenvalue weighted by molar-refractivity contribution is 6.91. The molecule has 3 aliphatic heterocycles. The SMILES string of the molecule is C[Si]1(C)C=CC2C1C1C=CC2[Si]1(C)C. The summed E-state index contributed by atoms with van der Waals surface area (Å²) in [5.74, 6) is 0.952. The molecule has 3 aliphatic rings. The molecule has 1 saturated heterocycles. The maximum Gasteiger partial charge on any atom is 0.0752 e. The van der Waals surface area contributed by atoms with Gasteiger partial charge in [0.2, 0.25) is 0 Å². The van der Waals surface area contributed by atoms with E-state index in [4.69, 9.17) is 0 Å². The first-order valence-electron chi connectivity index (χ1n) is 5.82.